The lowest BCUT2D eigenvalue weighted by atomic mass is 10.1. The third kappa shape index (κ3) is 5.47. The summed E-state index contributed by atoms with van der Waals surface area (Å²) in [6.07, 6.45) is 5.31. The Balaban J connectivity index is 1.25. The molecule has 8 nitrogen and oxygen atoms in total. The lowest BCUT2D eigenvalue weighted by Crippen LogP contribution is -2.48. The lowest BCUT2D eigenvalue weighted by Gasteiger charge is -2.34. The number of carbonyl (C=O) groups excluding carboxylic acids is 1. The Bertz CT molecular complexity index is 1560. The fraction of sp³-hybridized carbons (Fsp3) is 0.250. The summed E-state index contributed by atoms with van der Waals surface area (Å²) in [5, 5.41) is 0.749. The molecule has 190 valence electrons. The average molecular weight is 516 g/mol. The van der Waals surface area contributed by atoms with E-state index in [1.165, 1.54) is 5.56 Å². The van der Waals surface area contributed by atoms with Gasteiger partial charge in [0.15, 0.2) is 0 Å². The van der Waals surface area contributed by atoms with Crippen LogP contribution in [-0.4, -0.2) is 60.3 Å². The molecule has 0 unspecified atom stereocenters. The molecule has 0 saturated carbocycles. The van der Waals surface area contributed by atoms with Gasteiger partial charge in [0.05, 0.1) is 11.2 Å². The summed E-state index contributed by atoms with van der Waals surface area (Å²) in [6, 6.07) is 15.9. The van der Waals surface area contributed by atoms with Crippen LogP contribution in [0.2, 0.25) is 0 Å². The molecular weight excluding hydrogens is 486 g/mol. The maximum Gasteiger partial charge on any atom is 0.264 e. The van der Waals surface area contributed by atoms with Crippen molar-refractivity contribution >= 4 is 32.5 Å². The van der Waals surface area contributed by atoms with Crippen LogP contribution < -0.4 is 4.72 Å². The molecule has 37 heavy (non-hydrogen) atoms. The van der Waals surface area contributed by atoms with Gasteiger partial charge in [0.1, 0.15) is 4.90 Å². The number of amides is 1. The van der Waals surface area contributed by atoms with Crippen LogP contribution in [0.3, 0.4) is 0 Å². The number of benzene rings is 2. The number of anilines is 1. The Hall–Kier alpha value is -3.82. The van der Waals surface area contributed by atoms with Crippen LogP contribution in [0.1, 0.15) is 27.0 Å². The minimum atomic E-state index is -3.87. The fourth-order valence-electron chi connectivity index (χ4n) is 4.66. The van der Waals surface area contributed by atoms with E-state index in [1.807, 2.05) is 36.4 Å². The smallest absolute Gasteiger partial charge is 0.264 e. The Labute approximate surface area is 217 Å². The zero-order valence-electron chi connectivity index (χ0n) is 20.9. The first-order valence-electron chi connectivity index (χ1n) is 12.2. The highest BCUT2D eigenvalue weighted by molar-refractivity contribution is 7.93. The number of nitrogens with zero attached hydrogens (tertiary/aromatic N) is 4. The van der Waals surface area contributed by atoms with Crippen molar-refractivity contribution < 1.29 is 13.2 Å². The number of piperazine rings is 1. The van der Waals surface area contributed by atoms with Gasteiger partial charge < -0.3 is 4.90 Å². The summed E-state index contributed by atoms with van der Waals surface area (Å²) in [6.45, 7) is 7.50. The van der Waals surface area contributed by atoms with E-state index in [4.69, 9.17) is 0 Å². The number of hydrogen-bond donors (Lipinski definition) is 1. The first kappa shape index (κ1) is 24.9. The Morgan fingerprint density at radius 3 is 2.51 bits per heavy atom. The summed E-state index contributed by atoms with van der Waals surface area (Å²) < 4.78 is 29.0. The minimum Gasteiger partial charge on any atom is -0.336 e. The molecule has 5 rings (SSSR count). The van der Waals surface area contributed by atoms with Gasteiger partial charge in [-0.2, -0.15) is 0 Å². The van der Waals surface area contributed by atoms with Crippen molar-refractivity contribution in [3.63, 3.8) is 0 Å². The molecule has 1 aliphatic rings. The maximum atomic E-state index is 13.2. The van der Waals surface area contributed by atoms with E-state index in [-0.39, 0.29) is 10.8 Å². The molecule has 1 amide bonds. The molecule has 4 aromatic rings. The molecule has 1 fully saturated rings. The molecule has 0 spiro atoms. The van der Waals surface area contributed by atoms with Crippen LogP contribution in [0.4, 0.5) is 5.69 Å². The second-order valence-corrected chi connectivity index (χ2v) is 11.1. The van der Waals surface area contributed by atoms with Crippen molar-refractivity contribution in [2.45, 2.75) is 25.3 Å². The molecule has 1 N–H and O–H groups in total. The molecule has 0 atom stereocenters. The van der Waals surface area contributed by atoms with Crippen LogP contribution >= 0.6 is 0 Å². The van der Waals surface area contributed by atoms with E-state index in [2.05, 4.69) is 25.7 Å². The zero-order valence-corrected chi connectivity index (χ0v) is 21.7. The lowest BCUT2D eigenvalue weighted by molar-refractivity contribution is 0.0628. The predicted octanol–water partition coefficient (Wildman–Crippen LogP) is 4.01. The minimum absolute atomic E-state index is 0.0485. The molecule has 2 aromatic carbocycles. The van der Waals surface area contributed by atoms with Gasteiger partial charge in [-0.1, -0.05) is 24.3 Å². The molecule has 1 saturated heterocycles. The highest BCUT2D eigenvalue weighted by Crippen LogP contribution is 2.26. The number of para-hydroxylation sites is 1. The van der Waals surface area contributed by atoms with Crippen LogP contribution in [0.25, 0.3) is 10.9 Å². The van der Waals surface area contributed by atoms with Crippen LogP contribution in [-0.2, 0) is 16.6 Å². The van der Waals surface area contributed by atoms with Crippen molar-refractivity contribution in [3.8, 4) is 0 Å². The SMILES string of the molecule is Cc1cncc(CN2CCN(C(=O)c3ccc(NS(=O)(=O)c4cccc5cccnc45)c(C)c3)CC2)c1. The zero-order chi connectivity index (χ0) is 26.0. The van der Waals surface area contributed by atoms with Gasteiger partial charge in [-0.05, 0) is 60.9 Å². The van der Waals surface area contributed by atoms with E-state index in [1.54, 1.807) is 49.5 Å². The van der Waals surface area contributed by atoms with Gasteiger partial charge >= 0.3 is 0 Å². The molecule has 9 heteroatoms. The van der Waals surface area contributed by atoms with Crippen molar-refractivity contribution in [1.82, 2.24) is 19.8 Å². The number of sulfonamides is 1. The van der Waals surface area contributed by atoms with Gasteiger partial charge in [0.25, 0.3) is 15.9 Å². The quantitative estimate of drug-likeness (QED) is 0.417. The van der Waals surface area contributed by atoms with Gasteiger partial charge in [0, 0.05) is 62.3 Å². The summed E-state index contributed by atoms with van der Waals surface area (Å²) in [7, 11) is -3.87. The summed E-state index contributed by atoms with van der Waals surface area (Å²) >= 11 is 0. The largest absolute Gasteiger partial charge is 0.336 e. The summed E-state index contributed by atoms with van der Waals surface area (Å²) in [5.41, 5.74) is 4.38. The van der Waals surface area contributed by atoms with Gasteiger partial charge in [-0.25, -0.2) is 8.42 Å². The van der Waals surface area contributed by atoms with E-state index in [0.717, 1.165) is 30.6 Å². The standard InChI is InChI=1S/C28H29N5O3S/c1-20-15-22(18-29-17-20)19-32-11-13-33(14-12-32)28(34)24-8-9-25(21(2)16-24)31-37(35,36)26-7-3-5-23-6-4-10-30-27(23)26/h3-10,15-18,31H,11-14,19H2,1-2H3. The van der Waals surface area contributed by atoms with Gasteiger partial charge in [-0.15, -0.1) is 0 Å². The van der Waals surface area contributed by atoms with E-state index < -0.39 is 10.0 Å². The molecule has 3 heterocycles. The second-order valence-electron chi connectivity index (χ2n) is 9.41. The number of hydrogen-bond acceptors (Lipinski definition) is 6. The van der Waals surface area contributed by atoms with E-state index in [9.17, 15) is 13.2 Å². The van der Waals surface area contributed by atoms with Crippen molar-refractivity contribution in [2.24, 2.45) is 0 Å². The predicted molar refractivity (Wildman–Crippen MR) is 144 cm³/mol. The highest BCUT2D eigenvalue weighted by atomic mass is 32.2. The molecule has 2 aromatic heterocycles. The molecule has 1 aliphatic heterocycles. The van der Waals surface area contributed by atoms with Crippen molar-refractivity contribution in [2.75, 3.05) is 30.9 Å². The summed E-state index contributed by atoms with van der Waals surface area (Å²) in [5.74, 6) is -0.0485. The Morgan fingerprint density at radius 1 is 0.973 bits per heavy atom. The van der Waals surface area contributed by atoms with Gasteiger partial charge in [0.2, 0.25) is 0 Å². The third-order valence-electron chi connectivity index (χ3n) is 6.60. The third-order valence-corrected chi connectivity index (χ3v) is 8.00. The van der Waals surface area contributed by atoms with Gasteiger partial charge in [-0.3, -0.25) is 24.4 Å². The van der Waals surface area contributed by atoms with Crippen LogP contribution in [0.5, 0.6) is 0 Å². The second kappa shape index (κ2) is 10.3. The molecule has 0 aliphatic carbocycles. The molecular formula is C28H29N5O3S. The topological polar surface area (TPSA) is 95.5 Å². The van der Waals surface area contributed by atoms with Crippen LogP contribution in [0.15, 0.2) is 78.1 Å². The monoisotopic (exact) mass is 515 g/mol. The first-order chi connectivity index (χ1) is 17.8. The molecule has 0 radical (unpaired) electrons. The Morgan fingerprint density at radius 2 is 1.76 bits per heavy atom. The fourth-order valence-corrected chi connectivity index (χ4v) is 5.97. The van der Waals surface area contributed by atoms with E-state index in [0.29, 0.717) is 35.4 Å². The number of carbonyl (C=O) groups is 1. The normalized spacial score (nSPS) is 14.6. The number of fused-ring (bicyclic) bond motifs is 1. The van der Waals surface area contributed by atoms with Crippen molar-refractivity contribution in [1.29, 1.82) is 0 Å². The number of rotatable bonds is 6. The average Bonchev–Trinajstić information content (AvgIpc) is 2.89. The number of aromatic nitrogens is 2. The number of pyridine rings is 2. The van der Waals surface area contributed by atoms with Crippen LogP contribution in [0, 0.1) is 13.8 Å². The number of aryl methyl sites for hydroxylation is 2. The Kier molecular flexibility index (Phi) is 6.90. The maximum absolute atomic E-state index is 13.2. The number of nitrogens with one attached hydrogen (secondary N) is 1. The highest BCUT2D eigenvalue weighted by Gasteiger charge is 2.24. The van der Waals surface area contributed by atoms with E-state index >= 15 is 0 Å². The first-order valence-corrected chi connectivity index (χ1v) is 13.7. The molecule has 0 bridgehead atoms. The summed E-state index contributed by atoms with van der Waals surface area (Å²) in [4.78, 5) is 26.0. The van der Waals surface area contributed by atoms with Crippen molar-refractivity contribution in [3.05, 3.63) is 95.4 Å².